The number of rotatable bonds is 5. The molecule has 0 radical (unpaired) electrons. The minimum atomic E-state index is 0.153. The third-order valence-electron chi connectivity index (χ3n) is 5.60. The Bertz CT molecular complexity index is 940. The van der Waals surface area contributed by atoms with Crippen LogP contribution in [0.2, 0.25) is 0 Å². The van der Waals surface area contributed by atoms with Crippen molar-refractivity contribution in [3.05, 3.63) is 66.1 Å². The number of hydrogen-bond acceptors (Lipinski definition) is 3. The van der Waals surface area contributed by atoms with Gasteiger partial charge in [-0.15, -0.1) is 0 Å². The van der Waals surface area contributed by atoms with Crippen LogP contribution in [-0.2, 0) is 6.42 Å². The quantitative estimate of drug-likeness (QED) is 0.683. The second kappa shape index (κ2) is 8.15. The van der Waals surface area contributed by atoms with Crippen LogP contribution in [0.25, 0.3) is 10.9 Å². The normalized spacial score (nSPS) is 15.5. The zero-order valence-corrected chi connectivity index (χ0v) is 16.7. The Labute approximate surface area is 166 Å². The fraction of sp³-hybridized carbons (Fsp3) is 0.391. The van der Waals surface area contributed by atoms with Gasteiger partial charge in [0.15, 0.2) is 0 Å². The summed E-state index contributed by atoms with van der Waals surface area (Å²) in [6.07, 6.45) is 4.83. The smallest absolute Gasteiger partial charge is 0.256 e. The Morgan fingerprint density at radius 2 is 1.79 bits per heavy atom. The minimum absolute atomic E-state index is 0.153. The monoisotopic (exact) mass is 376 g/mol. The van der Waals surface area contributed by atoms with Crippen molar-refractivity contribution < 1.29 is 4.79 Å². The SMILES string of the molecule is CC(C)n1cc(C(=O)N2CCN(CCc3ccccn3)CC2)c2ccccc21. The van der Waals surface area contributed by atoms with E-state index in [2.05, 4.69) is 46.5 Å². The molecule has 0 aliphatic carbocycles. The maximum Gasteiger partial charge on any atom is 0.256 e. The van der Waals surface area contributed by atoms with E-state index in [4.69, 9.17) is 0 Å². The zero-order chi connectivity index (χ0) is 19.5. The lowest BCUT2D eigenvalue weighted by Crippen LogP contribution is -2.49. The van der Waals surface area contributed by atoms with Gasteiger partial charge in [0.2, 0.25) is 0 Å². The first-order valence-electron chi connectivity index (χ1n) is 10.1. The summed E-state index contributed by atoms with van der Waals surface area (Å²) >= 11 is 0. The molecule has 1 aromatic carbocycles. The molecule has 3 aromatic rings. The molecule has 0 saturated carbocycles. The van der Waals surface area contributed by atoms with E-state index >= 15 is 0 Å². The molecule has 28 heavy (non-hydrogen) atoms. The van der Waals surface area contributed by atoms with Crippen LogP contribution in [-0.4, -0.2) is 58.0 Å². The third kappa shape index (κ3) is 3.80. The van der Waals surface area contributed by atoms with E-state index in [0.717, 1.165) is 61.3 Å². The van der Waals surface area contributed by atoms with Gasteiger partial charge in [0, 0.05) is 74.2 Å². The van der Waals surface area contributed by atoms with Crippen LogP contribution < -0.4 is 0 Å². The van der Waals surface area contributed by atoms with Crippen molar-refractivity contribution >= 4 is 16.8 Å². The maximum atomic E-state index is 13.2. The lowest BCUT2D eigenvalue weighted by Gasteiger charge is -2.34. The summed E-state index contributed by atoms with van der Waals surface area (Å²) in [5.74, 6) is 0.153. The van der Waals surface area contributed by atoms with Gasteiger partial charge in [-0.25, -0.2) is 0 Å². The van der Waals surface area contributed by atoms with Crippen LogP contribution >= 0.6 is 0 Å². The van der Waals surface area contributed by atoms with E-state index < -0.39 is 0 Å². The molecular formula is C23H28N4O. The van der Waals surface area contributed by atoms with E-state index in [1.54, 1.807) is 0 Å². The topological polar surface area (TPSA) is 41.4 Å². The lowest BCUT2D eigenvalue weighted by atomic mass is 10.1. The van der Waals surface area contributed by atoms with Gasteiger partial charge >= 0.3 is 0 Å². The van der Waals surface area contributed by atoms with Crippen LogP contribution in [0.4, 0.5) is 0 Å². The Balaban J connectivity index is 1.41. The number of para-hydroxylation sites is 1. The number of carbonyl (C=O) groups is 1. The van der Waals surface area contributed by atoms with Crippen molar-refractivity contribution in [1.82, 2.24) is 19.4 Å². The van der Waals surface area contributed by atoms with Crippen LogP contribution in [0.5, 0.6) is 0 Å². The van der Waals surface area contributed by atoms with E-state index in [-0.39, 0.29) is 5.91 Å². The minimum Gasteiger partial charge on any atom is -0.344 e. The zero-order valence-electron chi connectivity index (χ0n) is 16.7. The molecule has 3 heterocycles. The summed E-state index contributed by atoms with van der Waals surface area (Å²) in [5, 5.41) is 1.05. The number of hydrogen-bond donors (Lipinski definition) is 0. The van der Waals surface area contributed by atoms with Crippen molar-refractivity contribution in [2.45, 2.75) is 26.3 Å². The highest BCUT2D eigenvalue weighted by atomic mass is 16.2. The third-order valence-corrected chi connectivity index (χ3v) is 5.60. The highest BCUT2D eigenvalue weighted by Crippen LogP contribution is 2.26. The average molecular weight is 377 g/mol. The molecule has 1 aliphatic heterocycles. The van der Waals surface area contributed by atoms with Gasteiger partial charge in [-0.1, -0.05) is 24.3 Å². The van der Waals surface area contributed by atoms with Gasteiger partial charge in [0.1, 0.15) is 0 Å². The van der Waals surface area contributed by atoms with Gasteiger partial charge in [-0.3, -0.25) is 14.7 Å². The summed E-state index contributed by atoms with van der Waals surface area (Å²) in [5.41, 5.74) is 3.09. The lowest BCUT2D eigenvalue weighted by molar-refractivity contribution is 0.0640. The number of nitrogens with zero attached hydrogens (tertiary/aromatic N) is 4. The van der Waals surface area contributed by atoms with Gasteiger partial charge in [-0.2, -0.15) is 0 Å². The molecule has 1 fully saturated rings. The Morgan fingerprint density at radius 3 is 2.50 bits per heavy atom. The Morgan fingerprint density at radius 1 is 1.04 bits per heavy atom. The first-order chi connectivity index (χ1) is 13.6. The van der Waals surface area contributed by atoms with Crippen molar-refractivity contribution in [2.75, 3.05) is 32.7 Å². The van der Waals surface area contributed by atoms with Crippen molar-refractivity contribution in [2.24, 2.45) is 0 Å². The van der Waals surface area contributed by atoms with Crippen LogP contribution in [0.3, 0.4) is 0 Å². The molecule has 0 bridgehead atoms. The largest absolute Gasteiger partial charge is 0.344 e. The summed E-state index contributed by atoms with van der Waals surface area (Å²) in [6, 6.07) is 14.6. The first kappa shape index (κ1) is 18.7. The molecule has 1 saturated heterocycles. The molecule has 0 atom stereocenters. The second-order valence-corrected chi connectivity index (χ2v) is 7.77. The van der Waals surface area contributed by atoms with Crippen molar-refractivity contribution in [3.63, 3.8) is 0 Å². The molecule has 4 rings (SSSR count). The highest BCUT2D eigenvalue weighted by Gasteiger charge is 2.25. The fourth-order valence-corrected chi connectivity index (χ4v) is 3.97. The number of fused-ring (bicyclic) bond motifs is 1. The molecule has 5 heteroatoms. The number of piperazine rings is 1. The number of pyridine rings is 1. The molecule has 0 N–H and O–H groups in total. The predicted molar refractivity (Wildman–Crippen MR) is 113 cm³/mol. The summed E-state index contributed by atoms with van der Waals surface area (Å²) in [4.78, 5) is 22.0. The highest BCUT2D eigenvalue weighted by molar-refractivity contribution is 6.07. The number of aromatic nitrogens is 2. The molecule has 1 amide bonds. The van der Waals surface area contributed by atoms with E-state index in [9.17, 15) is 4.79 Å². The van der Waals surface area contributed by atoms with E-state index in [1.807, 2.05) is 41.6 Å². The summed E-state index contributed by atoms with van der Waals surface area (Å²) in [6.45, 7) is 8.70. The Hall–Kier alpha value is -2.66. The fourth-order valence-electron chi connectivity index (χ4n) is 3.97. The first-order valence-corrected chi connectivity index (χ1v) is 10.1. The summed E-state index contributed by atoms with van der Waals surface area (Å²) in [7, 11) is 0. The average Bonchev–Trinajstić information content (AvgIpc) is 3.13. The van der Waals surface area contributed by atoms with Gasteiger partial charge in [0.05, 0.1) is 5.56 Å². The molecule has 146 valence electrons. The second-order valence-electron chi connectivity index (χ2n) is 7.77. The molecule has 5 nitrogen and oxygen atoms in total. The van der Waals surface area contributed by atoms with Crippen LogP contribution in [0.15, 0.2) is 54.9 Å². The Kier molecular flexibility index (Phi) is 5.44. The molecule has 1 aliphatic rings. The number of benzene rings is 1. The summed E-state index contributed by atoms with van der Waals surface area (Å²) < 4.78 is 2.20. The molecule has 2 aromatic heterocycles. The predicted octanol–water partition coefficient (Wildman–Crippen LogP) is 3.62. The van der Waals surface area contributed by atoms with Crippen LogP contribution in [0, 0.1) is 0 Å². The van der Waals surface area contributed by atoms with Gasteiger partial charge in [0.25, 0.3) is 5.91 Å². The van der Waals surface area contributed by atoms with E-state index in [0.29, 0.717) is 6.04 Å². The number of carbonyl (C=O) groups excluding carboxylic acids is 1. The molecule has 0 unspecified atom stereocenters. The maximum absolute atomic E-state index is 13.2. The molecular weight excluding hydrogens is 348 g/mol. The van der Waals surface area contributed by atoms with E-state index in [1.165, 1.54) is 0 Å². The van der Waals surface area contributed by atoms with Crippen LogP contribution in [0.1, 0.15) is 35.9 Å². The molecule has 0 spiro atoms. The standard InChI is InChI=1S/C23H28N4O/c1-18(2)27-17-21(20-8-3-4-9-22(20)27)23(28)26-15-13-25(14-16-26)12-10-19-7-5-6-11-24-19/h3-9,11,17-18H,10,12-16H2,1-2H3. The van der Waals surface area contributed by atoms with Gasteiger partial charge < -0.3 is 9.47 Å². The van der Waals surface area contributed by atoms with Gasteiger partial charge in [-0.05, 0) is 32.0 Å². The number of amides is 1. The van der Waals surface area contributed by atoms with Crippen molar-refractivity contribution in [3.8, 4) is 0 Å². The van der Waals surface area contributed by atoms with Crippen molar-refractivity contribution in [1.29, 1.82) is 0 Å².